The van der Waals surface area contributed by atoms with Crippen LogP contribution in [0.25, 0.3) is 0 Å². The molecule has 0 aliphatic rings. The molecule has 1 nitrogen and oxygen atoms in total. The first-order chi connectivity index (χ1) is 5.15. The molecule has 0 aliphatic carbocycles. The van der Waals surface area contributed by atoms with Gasteiger partial charge in [0, 0.05) is 15.4 Å². The number of thiophene rings is 1. The van der Waals surface area contributed by atoms with Gasteiger partial charge in [0.05, 0.1) is 3.79 Å². The summed E-state index contributed by atoms with van der Waals surface area (Å²) < 4.78 is 2.22. The zero-order valence-corrected chi connectivity index (χ0v) is 10.1. The maximum Gasteiger partial charge on any atom is 0.0843 e. The Bertz CT molecular complexity index is 227. The molecule has 0 amide bonds. The van der Waals surface area contributed by atoms with Crippen LogP contribution < -0.4 is 5.73 Å². The largest absolute Gasteiger partial charge is 0.323 e. The van der Waals surface area contributed by atoms with Crippen LogP contribution in [0.1, 0.15) is 24.3 Å². The van der Waals surface area contributed by atoms with Crippen molar-refractivity contribution >= 4 is 43.2 Å². The van der Waals surface area contributed by atoms with E-state index in [1.165, 1.54) is 4.88 Å². The summed E-state index contributed by atoms with van der Waals surface area (Å²) in [6.07, 6.45) is 0.986. The first-order valence-corrected chi connectivity index (χ1v) is 5.75. The van der Waals surface area contributed by atoms with Crippen LogP contribution in [0, 0.1) is 0 Å². The lowest BCUT2D eigenvalue weighted by Gasteiger charge is -2.02. The van der Waals surface area contributed by atoms with E-state index in [0.717, 1.165) is 14.7 Å². The van der Waals surface area contributed by atoms with Gasteiger partial charge < -0.3 is 5.73 Å². The second kappa shape index (κ2) is 4.03. The van der Waals surface area contributed by atoms with Crippen LogP contribution in [-0.2, 0) is 0 Å². The van der Waals surface area contributed by atoms with Crippen molar-refractivity contribution < 1.29 is 0 Å². The predicted octanol–water partition coefficient (Wildman–Crippen LogP) is 3.68. The van der Waals surface area contributed by atoms with Crippen molar-refractivity contribution in [3.8, 4) is 0 Å². The van der Waals surface area contributed by atoms with Crippen LogP contribution in [0.3, 0.4) is 0 Å². The minimum Gasteiger partial charge on any atom is -0.323 e. The third kappa shape index (κ3) is 2.28. The quantitative estimate of drug-likeness (QED) is 0.885. The van der Waals surface area contributed by atoms with Gasteiger partial charge in [-0.3, -0.25) is 0 Å². The summed E-state index contributed by atoms with van der Waals surface area (Å²) in [5.41, 5.74) is 5.85. The summed E-state index contributed by atoms with van der Waals surface area (Å²) in [6.45, 7) is 2.09. The minimum atomic E-state index is 0.183. The van der Waals surface area contributed by atoms with Crippen molar-refractivity contribution in [2.24, 2.45) is 5.73 Å². The van der Waals surface area contributed by atoms with Crippen molar-refractivity contribution in [2.75, 3.05) is 0 Å². The molecule has 62 valence electrons. The van der Waals surface area contributed by atoms with E-state index in [1.807, 2.05) is 0 Å². The number of hydrogen-bond acceptors (Lipinski definition) is 2. The number of rotatable bonds is 2. The van der Waals surface area contributed by atoms with Crippen molar-refractivity contribution in [3.05, 3.63) is 19.2 Å². The second-order valence-corrected chi connectivity index (χ2v) is 5.54. The summed E-state index contributed by atoms with van der Waals surface area (Å²) in [7, 11) is 0. The fourth-order valence-electron chi connectivity index (χ4n) is 0.747. The molecule has 0 fully saturated rings. The van der Waals surface area contributed by atoms with Crippen LogP contribution in [0.4, 0.5) is 0 Å². The maximum atomic E-state index is 5.85. The van der Waals surface area contributed by atoms with E-state index in [-0.39, 0.29) is 6.04 Å². The summed E-state index contributed by atoms with van der Waals surface area (Å²) in [4.78, 5) is 1.23. The molecule has 0 aromatic carbocycles. The van der Waals surface area contributed by atoms with Gasteiger partial charge in [0.15, 0.2) is 0 Å². The van der Waals surface area contributed by atoms with Crippen molar-refractivity contribution in [1.82, 2.24) is 0 Å². The van der Waals surface area contributed by atoms with Gasteiger partial charge in [-0.05, 0) is 44.3 Å². The van der Waals surface area contributed by atoms with E-state index in [9.17, 15) is 0 Å². The molecule has 1 rings (SSSR count). The zero-order chi connectivity index (χ0) is 8.43. The highest BCUT2D eigenvalue weighted by atomic mass is 79.9. The Morgan fingerprint density at radius 3 is 2.64 bits per heavy atom. The van der Waals surface area contributed by atoms with Crippen LogP contribution in [0.2, 0.25) is 0 Å². The Labute approximate surface area is 87.2 Å². The summed E-state index contributed by atoms with van der Waals surface area (Å²) >= 11 is 8.54. The first-order valence-electron chi connectivity index (χ1n) is 3.35. The molecule has 0 unspecified atom stereocenters. The molecule has 2 N–H and O–H groups in total. The van der Waals surface area contributed by atoms with E-state index in [0.29, 0.717) is 0 Å². The molecule has 0 radical (unpaired) electrons. The highest BCUT2D eigenvalue weighted by Crippen LogP contribution is 2.35. The Balaban J connectivity index is 2.88. The molecule has 1 atom stereocenters. The van der Waals surface area contributed by atoms with Gasteiger partial charge in [0.2, 0.25) is 0 Å². The van der Waals surface area contributed by atoms with Gasteiger partial charge in [0.25, 0.3) is 0 Å². The Morgan fingerprint density at radius 2 is 2.27 bits per heavy atom. The standard InChI is InChI=1S/C7H9Br2NS/c1-2-5(10)6-3-4(8)7(9)11-6/h3,5H,2,10H2,1H3/t5-/m1/s1. The number of nitrogens with two attached hydrogens (primary N) is 1. The lowest BCUT2D eigenvalue weighted by molar-refractivity contribution is 0.712. The van der Waals surface area contributed by atoms with Gasteiger partial charge in [0.1, 0.15) is 0 Å². The Morgan fingerprint density at radius 1 is 1.64 bits per heavy atom. The fraction of sp³-hybridized carbons (Fsp3) is 0.429. The van der Waals surface area contributed by atoms with E-state index >= 15 is 0 Å². The molecule has 4 heteroatoms. The molecule has 0 saturated carbocycles. The number of halogens is 2. The van der Waals surface area contributed by atoms with Crippen molar-refractivity contribution in [3.63, 3.8) is 0 Å². The third-order valence-corrected chi connectivity index (χ3v) is 4.86. The van der Waals surface area contributed by atoms with E-state index in [1.54, 1.807) is 11.3 Å². The van der Waals surface area contributed by atoms with Gasteiger partial charge >= 0.3 is 0 Å². The van der Waals surface area contributed by atoms with Crippen molar-refractivity contribution in [1.29, 1.82) is 0 Å². The normalized spacial score (nSPS) is 13.5. The monoisotopic (exact) mass is 297 g/mol. The van der Waals surface area contributed by atoms with Gasteiger partial charge in [-0.15, -0.1) is 11.3 Å². The minimum absolute atomic E-state index is 0.183. The maximum absolute atomic E-state index is 5.85. The molecular weight excluding hydrogens is 290 g/mol. The third-order valence-electron chi connectivity index (χ3n) is 1.47. The lowest BCUT2D eigenvalue weighted by atomic mass is 10.2. The van der Waals surface area contributed by atoms with E-state index < -0.39 is 0 Å². The molecule has 1 aromatic rings. The Kier molecular flexibility index (Phi) is 3.55. The summed E-state index contributed by atoms with van der Waals surface area (Å²) in [6, 6.07) is 2.26. The van der Waals surface area contributed by atoms with Gasteiger partial charge in [-0.25, -0.2) is 0 Å². The molecule has 0 spiro atoms. The molecule has 0 saturated heterocycles. The average Bonchev–Trinajstić information content (AvgIpc) is 2.31. The molecule has 1 aromatic heterocycles. The zero-order valence-electron chi connectivity index (χ0n) is 6.10. The van der Waals surface area contributed by atoms with Gasteiger partial charge in [-0.1, -0.05) is 6.92 Å². The average molecular weight is 299 g/mol. The highest BCUT2D eigenvalue weighted by molar-refractivity contribution is 9.13. The smallest absolute Gasteiger partial charge is 0.0843 e. The fourth-order valence-corrected chi connectivity index (χ4v) is 2.92. The van der Waals surface area contributed by atoms with Crippen LogP contribution in [-0.4, -0.2) is 0 Å². The van der Waals surface area contributed by atoms with E-state index in [4.69, 9.17) is 5.73 Å². The molecule has 0 bridgehead atoms. The van der Waals surface area contributed by atoms with Crippen LogP contribution in [0.15, 0.2) is 14.3 Å². The van der Waals surface area contributed by atoms with E-state index in [2.05, 4.69) is 44.8 Å². The SMILES string of the molecule is CC[C@@H](N)c1cc(Br)c(Br)s1. The van der Waals surface area contributed by atoms with Crippen LogP contribution >= 0.6 is 43.2 Å². The highest BCUT2D eigenvalue weighted by Gasteiger charge is 2.09. The van der Waals surface area contributed by atoms with Crippen molar-refractivity contribution in [2.45, 2.75) is 19.4 Å². The molecule has 0 aliphatic heterocycles. The molecule has 1 heterocycles. The lowest BCUT2D eigenvalue weighted by Crippen LogP contribution is -2.05. The Hall–Kier alpha value is 0.620. The predicted molar refractivity (Wildman–Crippen MR) is 56.9 cm³/mol. The molecular formula is C7H9Br2NS. The summed E-state index contributed by atoms with van der Waals surface area (Å²) in [5.74, 6) is 0. The number of hydrogen-bond donors (Lipinski definition) is 1. The van der Waals surface area contributed by atoms with Crippen LogP contribution in [0.5, 0.6) is 0 Å². The topological polar surface area (TPSA) is 26.0 Å². The summed E-state index contributed by atoms with van der Waals surface area (Å²) in [5, 5.41) is 0. The first kappa shape index (κ1) is 9.71. The second-order valence-electron chi connectivity index (χ2n) is 2.29. The van der Waals surface area contributed by atoms with Gasteiger partial charge in [-0.2, -0.15) is 0 Å². The molecule has 11 heavy (non-hydrogen) atoms.